The number of allylic oxidation sites excluding steroid dienone is 5. The first-order valence-electron chi connectivity index (χ1n) is 3.94. The highest BCUT2D eigenvalue weighted by Gasteiger charge is 2.15. The summed E-state index contributed by atoms with van der Waals surface area (Å²) < 4.78 is 0. The smallest absolute Gasteiger partial charge is 0.139 e. The molecule has 3 nitrogen and oxygen atoms in total. The molecule has 0 atom stereocenters. The van der Waals surface area contributed by atoms with Crippen molar-refractivity contribution in [3.05, 3.63) is 59.4 Å². The van der Waals surface area contributed by atoms with Crippen molar-refractivity contribution < 1.29 is 10.2 Å². The van der Waals surface area contributed by atoms with Crippen LogP contribution in [0.4, 0.5) is 0 Å². The summed E-state index contributed by atoms with van der Waals surface area (Å²) in [5.41, 5.74) is 1.13. The van der Waals surface area contributed by atoms with Gasteiger partial charge in [-0.3, -0.25) is 0 Å². The third-order valence-corrected chi connectivity index (χ3v) is 1.90. The number of fused-ring (bicyclic) bond motifs is 1. The van der Waals surface area contributed by atoms with Gasteiger partial charge in [0, 0.05) is 11.8 Å². The van der Waals surface area contributed by atoms with Crippen LogP contribution < -0.4 is 5.32 Å². The van der Waals surface area contributed by atoms with Crippen LogP contribution in [0.15, 0.2) is 59.4 Å². The highest BCUT2D eigenvalue weighted by Crippen LogP contribution is 2.23. The molecule has 66 valence electrons. The minimum Gasteiger partial charge on any atom is -0.507 e. The second-order valence-electron chi connectivity index (χ2n) is 2.76. The van der Waals surface area contributed by atoms with E-state index in [9.17, 15) is 10.2 Å². The van der Waals surface area contributed by atoms with E-state index in [1.807, 2.05) is 0 Å². The highest BCUT2D eigenvalue weighted by atomic mass is 16.3. The summed E-state index contributed by atoms with van der Waals surface area (Å²) in [6, 6.07) is 0. The highest BCUT2D eigenvalue weighted by molar-refractivity contribution is 5.52. The second-order valence-corrected chi connectivity index (χ2v) is 2.76. The summed E-state index contributed by atoms with van der Waals surface area (Å²) in [4.78, 5) is 0. The van der Waals surface area contributed by atoms with E-state index in [2.05, 4.69) is 5.32 Å². The molecule has 0 bridgehead atoms. The van der Waals surface area contributed by atoms with Crippen molar-refractivity contribution in [2.45, 2.75) is 0 Å². The van der Waals surface area contributed by atoms with E-state index in [1.54, 1.807) is 24.4 Å². The molecule has 3 heteroatoms. The van der Waals surface area contributed by atoms with Gasteiger partial charge in [0.15, 0.2) is 0 Å². The van der Waals surface area contributed by atoms with Crippen LogP contribution in [0, 0.1) is 0 Å². The van der Waals surface area contributed by atoms with E-state index in [1.165, 1.54) is 12.2 Å². The molecule has 0 amide bonds. The first kappa shape index (κ1) is 7.73. The number of nitrogens with one attached hydrogen (secondary N) is 1. The van der Waals surface area contributed by atoms with Gasteiger partial charge in [-0.15, -0.1) is 0 Å². The maximum Gasteiger partial charge on any atom is 0.139 e. The van der Waals surface area contributed by atoms with Gasteiger partial charge in [0.25, 0.3) is 0 Å². The van der Waals surface area contributed by atoms with Gasteiger partial charge in [0.1, 0.15) is 11.5 Å². The Labute approximate surface area is 75.7 Å². The summed E-state index contributed by atoms with van der Waals surface area (Å²) in [6.45, 7) is 0. The van der Waals surface area contributed by atoms with E-state index >= 15 is 0 Å². The molecular weight excluding hydrogens is 166 g/mol. The number of rotatable bonds is 0. The molecule has 0 aromatic rings. The van der Waals surface area contributed by atoms with Crippen molar-refractivity contribution in [3.8, 4) is 0 Å². The molecular formula is C10H9NO2. The molecule has 2 rings (SSSR count). The Hall–Kier alpha value is -1.90. The third kappa shape index (κ3) is 1.24. The molecule has 3 N–H and O–H groups in total. The molecule has 0 unspecified atom stereocenters. The fourth-order valence-corrected chi connectivity index (χ4v) is 1.27. The number of aliphatic hydroxyl groups is 2. The Kier molecular flexibility index (Phi) is 1.70. The lowest BCUT2D eigenvalue weighted by atomic mass is 10.1. The van der Waals surface area contributed by atoms with Crippen molar-refractivity contribution in [3.63, 3.8) is 0 Å². The Morgan fingerprint density at radius 3 is 2.77 bits per heavy atom. The van der Waals surface area contributed by atoms with Crippen molar-refractivity contribution in [1.29, 1.82) is 0 Å². The topological polar surface area (TPSA) is 52.5 Å². The maximum atomic E-state index is 9.52. The van der Waals surface area contributed by atoms with Crippen LogP contribution in [0.2, 0.25) is 0 Å². The predicted octanol–water partition coefficient (Wildman–Crippen LogP) is 1.81. The zero-order valence-corrected chi connectivity index (χ0v) is 6.86. The third-order valence-electron chi connectivity index (χ3n) is 1.90. The number of aliphatic hydroxyl groups excluding tert-OH is 2. The maximum absolute atomic E-state index is 9.52. The molecule has 13 heavy (non-hydrogen) atoms. The molecule has 0 aromatic carbocycles. The number of hydrogen-bond acceptors (Lipinski definition) is 3. The van der Waals surface area contributed by atoms with Gasteiger partial charge in [0.2, 0.25) is 0 Å². The molecule has 1 heterocycles. The Morgan fingerprint density at radius 1 is 1.08 bits per heavy atom. The first-order valence-corrected chi connectivity index (χ1v) is 3.94. The Bertz CT molecular complexity index is 384. The van der Waals surface area contributed by atoms with E-state index in [-0.39, 0.29) is 11.5 Å². The van der Waals surface area contributed by atoms with Crippen molar-refractivity contribution in [2.24, 2.45) is 0 Å². The van der Waals surface area contributed by atoms with Gasteiger partial charge in [-0.05, 0) is 24.3 Å². The zero-order valence-electron chi connectivity index (χ0n) is 6.86. The van der Waals surface area contributed by atoms with Crippen LogP contribution in [0.5, 0.6) is 0 Å². The molecule has 1 aliphatic heterocycles. The molecule has 1 aliphatic carbocycles. The largest absolute Gasteiger partial charge is 0.507 e. The fourth-order valence-electron chi connectivity index (χ4n) is 1.27. The van der Waals surface area contributed by atoms with E-state index in [4.69, 9.17) is 0 Å². The van der Waals surface area contributed by atoms with Gasteiger partial charge in [0.05, 0.1) is 5.70 Å². The van der Waals surface area contributed by atoms with Gasteiger partial charge in [-0.1, -0.05) is 6.08 Å². The van der Waals surface area contributed by atoms with Gasteiger partial charge in [-0.25, -0.2) is 0 Å². The van der Waals surface area contributed by atoms with Crippen LogP contribution in [0.25, 0.3) is 0 Å². The average Bonchev–Trinajstić information content (AvgIpc) is 2.29. The number of dihydropyridines is 1. The first-order chi connectivity index (χ1) is 6.29. The predicted molar refractivity (Wildman–Crippen MR) is 49.9 cm³/mol. The second kappa shape index (κ2) is 2.86. The summed E-state index contributed by atoms with van der Waals surface area (Å²) in [5.74, 6) is 0.267. The van der Waals surface area contributed by atoms with Crippen LogP contribution in [0.1, 0.15) is 0 Å². The van der Waals surface area contributed by atoms with Crippen molar-refractivity contribution in [2.75, 3.05) is 0 Å². The molecule has 0 aromatic heterocycles. The van der Waals surface area contributed by atoms with Crippen molar-refractivity contribution in [1.82, 2.24) is 5.32 Å². The molecule has 0 saturated carbocycles. The minimum atomic E-state index is 0.121. The van der Waals surface area contributed by atoms with Crippen LogP contribution in [-0.4, -0.2) is 10.2 Å². The molecule has 2 aliphatic rings. The van der Waals surface area contributed by atoms with Gasteiger partial charge >= 0.3 is 0 Å². The zero-order chi connectivity index (χ0) is 9.26. The van der Waals surface area contributed by atoms with E-state index in [0.29, 0.717) is 11.3 Å². The lowest BCUT2D eigenvalue weighted by Crippen LogP contribution is -2.13. The van der Waals surface area contributed by atoms with Gasteiger partial charge < -0.3 is 15.5 Å². The summed E-state index contributed by atoms with van der Waals surface area (Å²) in [5, 5.41) is 21.9. The normalized spacial score (nSPS) is 20.0. The molecule has 0 saturated heterocycles. The Morgan fingerprint density at radius 2 is 1.92 bits per heavy atom. The van der Waals surface area contributed by atoms with Gasteiger partial charge in [-0.2, -0.15) is 0 Å². The fraction of sp³-hybridized carbons (Fsp3) is 0. The standard InChI is InChI=1S/C10H9NO2/c12-8-4-1-5-9(13)10-7(8)3-2-6-11-10/h1-6,11-13H. The Balaban J connectivity index is 2.57. The average molecular weight is 175 g/mol. The van der Waals surface area contributed by atoms with E-state index < -0.39 is 0 Å². The monoisotopic (exact) mass is 175 g/mol. The number of hydrogen-bond donors (Lipinski definition) is 3. The summed E-state index contributed by atoms with van der Waals surface area (Å²) >= 11 is 0. The summed E-state index contributed by atoms with van der Waals surface area (Å²) in [6.07, 6.45) is 9.86. The molecule has 0 spiro atoms. The summed E-state index contributed by atoms with van der Waals surface area (Å²) in [7, 11) is 0. The lowest BCUT2D eigenvalue weighted by molar-refractivity contribution is 0.410. The SMILES string of the molecule is OC1=CC=CC(O)=C2NC=CC=C12. The van der Waals surface area contributed by atoms with E-state index in [0.717, 1.165) is 0 Å². The molecule has 0 fully saturated rings. The molecule has 0 radical (unpaired) electrons. The van der Waals surface area contributed by atoms with Crippen LogP contribution >= 0.6 is 0 Å². The minimum absolute atomic E-state index is 0.121. The van der Waals surface area contributed by atoms with Crippen molar-refractivity contribution >= 4 is 0 Å². The van der Waals surface area contributed by atoms with Crippen LogP contribution in [-0.2, 0) is 0 Å². The lowest BCUT2D eigenvalue weighted by Gasteiger charge is -2.13. The van der Waals surface area contributed by atoms with Crippen LogP contribution in [0.3, 0.4) is 0 Å². The quantitative estimate of drug-likeness (QED) is 0.526.